The molecule has 0 saturated carbocycles. The van der Waals surface area contributed by atoms with Crippen LogP contribution in [0.5, 0.6) is 0 Å². The molecule has 0 heterocycles. The zero-order valence-electron chi connectivity index (χ0n) is 7.80. The maximum Gasteiger partial charge on any atom is 0.270 e. The summed E-state index contributed by atoms with van der Waals surface area (Å²) in [6.45, 7) is 2.65. The molecule has 14 heavy (non-hydrogen) atoms. The van der Waals surface area contributed by atoms with Crippen molar-refractivity contribution in [2.45, 2.75) is 18.2 Å². The molecular weight excluding hydrogens is 202 g/mol. The van der Waals surface area contributed by atoms with Crippen LogP contribution in [-0.4, -0.2) is 11.5 Å². The summed E-state index contributed by atoms with van der Waals surface area (Å²) < 4.78 is 5.20. The summed E-state index contributed by atoms with van der Waals surface area (Å²) in [5.41, 5.74) is 0.0927. The summed E-state index contributed by atoms with van der Waals surface area (Å²) in [5.74, 6) is 0. The molecule has 0 fully saturated rings. The molecule has 76 valence electrons. The normalized spacial score (nSPS) is 10.1. The molecule has 1 aromatic rings. The molecule has 0 atom stereocenters. The average molecular weight is 213 g/mol. The van der Waals surface area contributed by atoms with Gasteiger partial charge in [-0.15, -0.1) is 0 Å². The lowest BCUT2D eigenvalue weighted by molar-refractivity contribution is -0.385. The molecular formula is C9H11NO3S. The van der Waals surface area contributed by atoms with Crippen molar-refractivity contribution in [3.63, 3.8) is 0 Å². The lowest BCUT2D eigenvalue weighted by Gasteiger charge is -2.00. The molecule has 0 radical (unpaired) electrons. The maximum atomic E-state index is 10.4. The Morgan fingerprint density at radius 2 is 2.36 bits per heavy atom. The molecule has 0 N–H and O–H groups in total. The third kappa shape index (κ3) is 3.35. The van der Waals surface area contributed by atoms with Crippen LogP contribution in [0.15, 0.2) is 29.2 Å². The predicted octanol–water partition coefficient (Wildman–Crippen LogP) is 3.03. The Hall–Kier alpha value is -1.07. The number of hydrogen-bond donors (Lipinski definition) is 0. The molecule has 0 aromatic heterocycles. The molecule has 0 bridgehead atoms. The molecule has 0 aliphatic carbocycles. The van der Waals surface area contributed by atoms with E-state index in [1.54, 1.807) is 12.1 Å². The van der Waals surface area contributed by atoms with E-state index >= 15 is 0 Å². The number of rotatable bonds is 5. The van der Waals surface area contributed by atoms with Crippen LogP contribution in [0.2, 0.25) is 0 Å². The highest BCUT2D eigenvalue weighted by atomic mass is 32.2. The van der Waals surface area contributed by atoms with Crippen molar-refractivity contribution < 1.29 is 9.11 Å². The van der Waals surface area contributed by atoms with Gasteiger partial charge < -0.3 is 4.18 Å². The summed E-state index contributed by atoms with van der Waals surface area (Å²) in [5, 5.41) is 10.4. The van der Waals surface area contributed by atoms with E-state index < -0.39 is 4.92 Å². The molecule has 0 spiro atoms. The zero-order chi connectivity index (χ0) is 10.4. The van der Waals surface area contributed by atoms with Crippen molar-refractivity contribution in [1.82, 2.24) is 0 Å². The Labute approximate surface area is 86.6 Å². The first-order valence-corrected chi connectivity index (χ1v) is 5.02. The molecule has 0 aliphatic heterocycles. The van der Waals surface area contributed by atoms with E-state index in [1.807, 2.05) is 6.92 Å². The van der Waals surface area contributed by atoms with E-state index in [1.165, 1.54) is 24.2 Å². The summed E-state index contributed by atoms with van der Waals surface area (Å²) in [6.07, 6.45) is 0.932. The van der Waals surface area contributed by atoms with Crippen LogP contribution in [0.25, 0.3) is 0 Å². The summed E-state index contributed by atoms with van der Waals surface area (Å²) >= 11 is 1.17. The fourth-order valence-electron chi connectivity index (χ4n) is 0.842. The fraction of sp³-hybridized carbons (Fsp3) is 0.333. The second-order valence-corrected chi connectivity index (χ2v) is 3.53. The lowest BCUT2D eigenvalue weighted by Crippen LogP contribution is -1.88. The quantitative estimate of drug-likeness (QED) is 0.326. The van der Waals surface area contributed by atoms with Gasteiger partial charge in [0, 0.05) is 29.1 Å². The van der Waals surface area contributed by atoms with Crippen LogP contribution < -0.4 is 0 Å². The van der Waals surface area contributed by atoms with Gasteiger partial charge in [-0.3, -0.25) is 10.1 Å². The lowest BCUT2D eigenvalue weighted by atomic mass is 10.3. The number of non-ortho nitro benzene ring substituents is 1. The minimum atomic E-state index is -0.413. The highest BCUT2D eigenvalue weighted by molar-refractivity contribution is 7.94. The largest absolute Gasteiger partial charge is 0.310 e. The van der Waals surface area contributed by atoms with E-state index in [-0.39, 0.29) is 5.69 Å². The summed E-state index contributed by atoms with van der Waals surface area (Å²) in [7, 11) is 0. The Bertz CT molecular complexity index is 317. The first kappa shape index (κ1) is 11.0. The van der Waals surface area contributed by atoms with Crippen LogP contribution in [0.4, 0.5) is 5.69 Å². The van der Waals surface area contributed by atoms with Gasteiger partial charge in [0.25, 0.3) is 5.69 Å². The van der Waals surface area contributed by atoms with Crippen LogP contribution in [0, 0.1) is 10.1 Å². The molecule has 1 rings (SSSR count). The first-order chi connectivity index (χ1) is 6.74. The van der Waals surface area contributed by atoms with Crippen molar-refractivity contribution in [1.29, 1.82) is 0 Å². The van der Waals surface area contributed by atoms with Crippen molar-refractivity contribution in [3.8, 4) is 0 Å². The zero-order valence-corrected chi connectivity index (χ0v) is 8.62. The number of hydrogen-bond acceptors (Lipinski definition) is 4. The van der Waals surface area contributed by atoms with Gasteiger partial charge in [-0.2, -0.15) is 0 Å². The van der Waals surface area contributed by atoms with Gasteiger partial charge in [-0.05, 0) is 12.5 Å². The van der Waals surface area contributed by atoms with Crippen LogP contribution in [-0.2, 0) is 4.18 Å². The summed E-state index contributed by atoms with van der Waals surface area (Å²) in [6, 6.07) is 6.40. The number of benzene rings is 1. The van der Waals surface area contributed by atoms with Crippen molar-refractivity contribution in [3.05, 3.63) is 34.4 Å². The minimum absolute atomic E-state index is 0.0927. The monoisotopic (exact) mass is 213 g/mol. The SMILES string of the molecule is CCCOSc1cccc([N+](=O)[O-])c1. The van der Waals surface area contributed by atoms with E-state index in [9.17, 15) is 10.1 Å². The van der Waals surface area contributed by atoms with Gasteiger partial charge in [0.15, 0.2) is 0 Å². The Balaban J connectivity index is 2.59. The number of nitro benzene ring substituents is 1. The second-order valence-electron chi connectivity index (χ2n) is 2.66. The van der Waals surface area contributed by atoms with Gasteiger partial charge in [0.05, 0.1) is 11.5 Å². The van der Waals surface area contributed by atoms with Gasteiger partial charge in [0.2, 0.25) is 0 Å². The van der Waals surface area contributed by atoms with Gasteiger partial charge in [-0.25, -0.2) is 0 Å². The topological polar surface area (TPSA) is 52.4 Å². The van der Waals surface area contributed by atoms with Gasteiger partial charge >= 0.3 is 0 Å². The summed E-state index contributed by atoms with van der Waals surface area (Å²) in [4.78, 5) is 10.8. The first-order valence-electron chi connectivity index (χ1n) is 4.28. The Kier molecular flexibility index (Phi) is 4.42. The molecule has 0 aliphatic rings. The van der Waals surface area contributed by atoms with E-state index in [0.29, 0.717) is 6.61 Å². The predicted molar refractivity (Wildman–Crippen MR) is 55.2 cm³/mol. The third-order valence-corrected chi connectivity index (χ3v) is 2.20. The standard InChI is InChI=1S/C9H11NO3S/c1-2-6-13-14-9-5-3-4-8(7-9)10(11)12/h3-5,7H,2,6H2,1H3. The highest BCUT2D eigenvalue weighted by Crippen LogP contribution is 2.23. The fourth-order valence-corrected chi connectivity index (χ4v) is 1.53. The maximum absolute atomic E-state index is 10.4. The van der Waals surface area contributed by atoms with Crippen LogP contribution in [0.3, 0.4) is 0 Å². The van der Waals surface area contributed by atoms with Crippen molar-refractivity contribution >= 4 is 17.7 Å². The smallest absolute Gasteiger partial charge is 0.270 e. The number of nitro groups is 1. The molecule has 1 aromatic carbocycles. The van der Waals surface area contributed by atoms with Gasteiger partial charge in [-0.1, -0.05) is 13.0 Å². The molecule has 4 nitrogen and oxygen atoms in total. The van der Waals surface area contributed by atoms with Crippen LogP contribution in [0.1, 0.15) is 13.3 Å². The second kappa shape index (κ2) is 5.62. The highest BCUT2D eigenvalue weighted by Gasteiger charge is 2.05. The van der Waals surface area contributed by atoms with E-state index in [2.05, 4.69) is 0 Å². The average Bonchev–Trinajstić information content (AvgIpc) is 2.19. The van der Waals surface area contributed by atoms with E-state index in [4.69, 9.17) is 4.18 Å². The van der Waals surface area contributed by atoms with Crippen LogP contribution >= 0.6 is 12.0 Å². The third-order valence-electron chi connectivity index (χ3n) is 1.47. The van der Waals surface area contributed by atoms with Crippen molar-refractivity contribution in [2.24, 2.45) is 0 Å². The molecule has 0 saturated heterocycles. The molecule has 5 heteroatoms. The van der Waals surface area contributed by atoms with E-state index in [0.717, 1.165) is 11.3 Å². The van der Waals surface area contributed by atoms with Crippen molar-refractivity contribution in [2.75, 3.05) is 6.61 Å². The van der Waals surface area contributed by atoms with Gasteiger partial charge in [0.1, 0.15) is 0 Å². The Morgan fingerprint density at radius 1 is 1.57 bits per heavy atom. The minimum Gasteiger partial charge on any atom is -0.310 e. The number of nitrogens with zero attached hydrogens (tertiary/aromatic N) is 1. The molecule has 0 unspecified atom stereocenters. The Morgan fingerprint density at radius 3 is 3.00 bits per heavy atom. The molecule has 0 amide bonds.